The Balaban J connectivity index is 2.45. The maximum Gasteiger partial charge on any atom is 0.328 e. The van der Waals surface area contributed by atoms with Gasteiger partial charge in [0.25, 0.3) is 5.91 Å². The molecule has 1 aliphatic heterocycles. The maximum atomic E-state index is 12.3. The summed E-state index contributed by atoms with van der Waals surface area (Å²) in [7, 11) is 0. The smallest absolute Gasteiger partial charge is 0.328 e. The number of carboxylic acids is 1. The largest absolute Gasteiger partial charge is 0.486 e. The lowest BCUT2D eigenvalue weighted by atomic mass is 10.0. The summed E-state index contributed by atoms with van der Waals surface area (Å²) in [6.45, 7) is 6.24. The fraction of sp³-hybridized carbons (Fsp3) is 0.375. The number of halogens is 1. The molecule has 1 aliphatic rings. The highest BCUT2D eigenvalue weighted by Gasteiger charge is 2.32. The zero-order chi connectivity index (χ0) is 16.4. The van der Waals surface area contributed by atoms with Gasteiger partial charge in [0.2, 0.25) is 0 Å². The second-order valence-electron chi connectivity index (χ2n) is 5.59. The molecule has 0 fully saturated rings. The molecule has 22 heavy (non-hydrogen) atoms. The summed E-state index contributed by atoms with van der Waals surface area (Å²) < 4.78 is 5.99. The Hall–Kier alpha value is -2.01. The van der Waals surface area contributed by atoms with E-state index >= 15 is 0 Å². The van der Waals surface area contributed by atoms with Crippen LogP contribution in [0.4, 0.5) is 5.69 Å². The summed E-state index contributed by atoms with van der Waals surface area (Å²) in [6.07, 6.45) is 1.72. The average molecular weight is 324 g/mol. The molecule has 1 unspecified atom stereocenters. The molecule has 0 spiro atoms. The van der Waals surface area contributed by atoms with Gasteiger partial charge in [-0.25, -0.2) is 4.79 Å². The van der Waals surface area contributed by atoms with Crippen LogP contribution in [0.5, 0.6) is 5.75 Å². The number of amides is 1. The fourth-order valence-corrected chi connectivity index (χ4v) is 2.59. The molecule has 0 aromatic heterocycles. The SMILES string of the molecule is Cc1cc(Cl)cc2c1OC(C(C)C)CN2C(=O)C=CC(=O)O. The first-order valence-electron chi connectivity index (χ1n) is 6.99. The summed E-state index contributed by atoms with van der Waals surface area (Å²) in [4.78, 5) is 24.5. The van der Waals surface area contributed by atoms with E-state index in [-0.39, 0.29) is 12.0 Å². The van der Waals surface area contributed by atoms with Gasteiger partial charge in [0, 0.05) is 17.2 Å². The van der Waals surface area contributed by atoms with Crippen molar-refractivity contribution in [1.29, 1.82) is 0 Å². The zero-order valence-corrected chi connectivity index (χ0v) is 13.4. The normalized spacial score (nSPS) is 17.5. The standard InChI is InChI=1S/C16H18ClNO4/c1-9(2)13-8-18(14(19)4-5-15(20)21)12-7-11(17)6-10(3)16(12)22-13/h4-7,9,13H,8H2,1-3H3,(H,20,21). The van der Waals surface area contributed by atoms with E-state index in [9.17, 15) is 9.59 Å². The van der Waals surface area contributed by atoms with E-state index in [1.165, 1.54) is 4.90 Å². The van der Waals surface area contributed by atoms with Gasteiger partial charge in [-0.1, -0.05) is 25.4 Å². The number of anilines is 1. The highest BCUT2D eigenvalue weighted by Crippen LogP contribution is 2.40. The Morgan fingerprint density at radius 1 is 1.41 bits per heavy atom. The zero-order valence-electron chi connectivity index (χ0n) is 12.7. The van der Waals surface area contributed by atoms with E-state index in [0.29, 0.717) is 23.0 Å². The van der Waals surface area contributed by atoms with E-state index in [0.717, 1.165) is 17.7 Å². The maximum absolute atomic E-state index is 12.3. The van der Waals surface area contributed by atoms with Crippen molar-refractivity contribution in [3.8, 4) is 5.75 Å². The van der Waals surface area contributed by atoms with Crippen molar-refractivity contribution in [3.05, 3.63) is 34.9 Å². The van der Waals surface area contributed by atoms with Gasteiger partial charge in [-0.15, -0.1) is 0 Å². The second kappa shape index (κ2) is 6.40. The van der Waals surface area contributed by atoms with Gasteiger partial charge >= 0.3 is 5.97 Å². The van der Waals surface area contributed by atoms with E-state index in [4.69, 9.17) is 21.4 Å². The Morgan fingerprint density at radius 3 is 2.68 bits per heavy atom. The number of hydrogen-bond acceptors (Lipinski definition) is 3. The van der Waals surface area contributed by atoms with Crippen LogP contribution in [0.15, 0.2) is 24.3 Å². The minimum atomic E-state index is -1.16. The quantitative estimate of drug-likeness (QED) is 0.868. The molecule has 1 atom stereocenters. The number of carbonyl (C=O) groups is 2. The molecular weight excluding hydrogens is 306 g/mol. The molecule has 0 saturated carbocycles. The summed E-state index contributed by atoms with van der Waals surface area (Å²) >= 11 is 6.07. The summed E-state index contributed by atoms with van der Waals surface area (Å²) in [5.41, 5.74) is 1.41. The predicted molar refractivity (Wildman–Crippen MR) is 84.6 cm³/mol. The van der Waals surface area contributed by atoms with Gasteiger partial charge in [0.1, 0.15) is 11.9 Å². The van der Waals surface area contributed by atoms with Crippen LogP contribution in [0.25, 0.3) is 0 Å². The van der Waals surface area contributed by atoms with E-state index in [1.54, 1.807) is 12.1 Å². The van der Waals surface area contributed by atoms with Gasteiger partial charge < -0.3 is 14.7 Å². The highest BCUT2D eigenvalue weighted by molar-refractivity contribution is 6.31. The molecule has 5 nitrogen and oxygen atoms in total. The number of ether oxygens (including phenoxy) is 1. The third-order valence-corrected chi connectivity index (χ3v) is 3.74. The van der Waals surface area contributed by atoms with Crippen LogP contribution in [0, 0.1) is 12.8 Å². The van der Waals surface area contributed by atoms with Crippen LogP contribution < -0.4 is 9.64 Å². The molecule has 2 rings (SSSR count). The molecule has 0 radical (unpaired) electrons. The van der Waals surface area contributed by atoms with Gasteiger partial charge in [0.05, 0.1) is 12.2 Å². The molecule has 118 valence electrons. The minimum absolute atomic E-state index is 0.158. The Bertz CT molecular complexity index is 639. The number of carboxylic acid groups (broad SMARTS) is 1. The van der Waals surface area contributed by atoms with Gasteiger partial charge in [-0.3, -0.25) is 4.79 Å². The number of carbonyl (C=O) groups excluding carboxylic acids is 1. The molecule has 6 heteroatoms. The summed E-state index contributed by atoms with van der Waals surface area (Å²) in [6, 6.07) is 3.44. The van der Waals surface area contributed by atoms with Crippen molar-refractivity contribution < 1.29 is 19.4 Å². The van der Waals surface area contributed by atoms with Crippen molar-refractivity contribution in [1.82, 2.24) is 0 Å². The number of aryl methyl sites for hydroxylation is 1. The molecule has 1 heterocycles. The molecule has 1 aromatic carbocycles. The number of rotatable bonds is 3. The van der Waals surface area contributed by atoms with Gasteiger partial charge in [-0.2, -0.15) is 0 Å². The van der Waals surface area contributed by atoms with Crippen molar-refractivity contribution in [2.45, 2.75) is 26.9 Å². The van der Waals surface area contributed by atoms with Gasteiger partial charge in [0.15, 0.2) is 0 Å². The molecule has 0 bridgehead atoms. The van der Waals surface area contributed by atoms with Crippen LogP contribution in [-0.4, -0.2) is 29.6 Å². The molecule has 0 aliphatic carbocycles. The third-order valence-electron chi connectivity index (χ3n) is 3.52. The van der Waals surface area contributed by atoms with E-state index in [2.05, 4.69) is 0 Å². The molecular formula is C16H18ClNO4. The molecule has 1 amide bonds. The number of aliphatic carboxylic acids is 1. The van der Waals surface area contributed by atoms with Crippen molar-refractivity contribution in [3.63, 3.8) is 0 Å². The minimum Gasteiger partial charge on any atom is -0.486 e. The lowest BCUT2D eigenvalue weighted by Crippen LogP contribution is -2.45. The average Bonchev–Trinajstić information content (AvgIpc) is 2.43. The number of benzene rings is 1. The Kier molecular flexibility index (Phi) is 4.76. The fourth-order valence-electron chi connectivity index (χ4n) is 2.32. The van der Waals surface area contributed by atoms with Crippen molar-refractivity contribution in [2.75, 3.05) is 11.4 Å². The van der Waals surface area contributed by atoms with Crippen LogP contribution in [-0.2, 0) is 9.59 Å². The lowest BCUT2D eigenvalue weighted by molar-refractivity contribution is -0.131. The van der Waals surface area contributed by atoms with Crippen LogP contribution in [0.2, 0.25) is 5.02 Å². The monoisotopic (exact) mass is 323 g/mol. The number of fused-ring (bicyclic) bond motifs is 1. The Labute approximate surface area is 134 Å². The first-order valence-corrected chi connectivity index (χ1v) is 7.36. The Morgan fingerprint density at radius 2 is 2.09 bits per heavy atom. The van der Waals surface area contributed by atoms with Crippen LogP contribution >= 0.6 is 11.6 Å². The van der Waals surface area contributed by atoms with Crippen LogP contribution in [0.1, 0.15) is 19.4 Å². The van der Waals surface area contributed by atoms with Crippen molar-refractivity contribution in [2.24, 2.45) is 5.92 Å². The first kappa shape index (κ1) is 16.4. The van der Waals surface area contributed by atoms with Crippen molar-refractivity contribution >= 4 is 29.2 Å². The molecule has 1 N–H and O–H groups in total. The number of nitrogens with zero attached hydrogens (tertiary/aromatic N) is 1. The predicted octanol–water partition coefficient (Wildman–Crippen LogP) is 3.04. The molecule has 1 aromatic rings. The van der Waals surface area contributed by atoms with Crippen LogP contribution in [0.3, 0.4) is 0 Å². The second-order valence-corrected chi connectivity index (χ2v) is 6.03. The topological polar surface area (TPSA) is 66.8 Å². The van der Waals surface area contributed by atoms with E-state index in [1.807, 2.05) is 20.8 Å². The first-order chi connectivity index (χ1) is 10.3. The molecule has 0 saturated heterocycles. The third kappa shape index (κ3) is 3.42. The van der Waals surface area contributed by atoms with Gasteiger partial charge in [-0.05, 0) is 30.5 Å². The van der Waals surface area contributed by atoms with E-state index < -0.39 is 11.9 Å². The number of hydrogen-bond donors (Lipinski definition) is 1. The summed E-state index contributed by atoms with van der Waals surface area (Å²) in [5, 5.41) is 9.18. The summed E-state index contributed by atoms with van der Waals surface area (Å²) in [5.74, 6) is -0.739. The lowest BCUT2D eigenvalue weighted by Gasteiger charge is -2.37. The highest BCUT2D eigenvalue weighted by atomic mass is 35.5.